The SMILES string of the molecule is COc1ccnc(N2CCC[C@H]2[C@H]2CCCN2C(C)=O)n1. The van der Waals surface area contributed by atoms with Crippen LogP contribution in [-0.4, -0.2) is 53.1 Å². The number of rotatable bonds is 3. The summed E-state index contributed by atoms with van der Waals surface area (Å²) >= 11 is 0. The van der Waals surface area contributed by atoms with Gasteiger partial charge in [-0.1, -0.05) is 0 Å². The molecule has 2 fully saturated rings. The van der Waals surface area contributed by atoms with E-state index in [1.54, 1.807) is 26.3 Å². The second-order valence-corrected chi connectivity index (χ2v) is 5.72. The highest BCUT2D eigenvalue weighted by molar-refractivity contribution is 5.74. The van der Waals surface area contributed by atoms with Gasteiger partial charge >= 0.3 is 0 Å². The summed E-state index contributed by atoms with van der Waals surface area (Å²) in [6, 6.07) is 2.37. The number of nitrogens with zero attached hydrogens (tertiary/aromatic N) is 4. The van der Waals surface area contributed by atoms with Crippen molar-refractivity contribution in [3.05, 3.63) is 12.3 Å². The van der Waals surface area contributed by atoms with Gasteiger partial charge in [-0.05, 0) is 25.7 Å². The largest absolute Gasteiger partial charge is 0.481 e. The Balaban J connectivity index is 1.83. The Morgan fingerprint density at radius 2 is 2.05 bits per heavy atom. The summed E-state index contributed by atoms with van der Waals surface area (Å²) in [5, 5.41) is 0. The van der Waals surface area contributed by atoms with Gasteiger partial charge in [-0.2, -0.15) is 4.98 Å². The molecule has 6 heteroatoms. The highest BCUT2D eigenvalue weighted by atomic mass is 16.5. The molecule has 1 aromatic rings. The maximum absolute atomic E-state index is 11.8. The van der Waals surface area contributed by atoms with Crippen molar-refractivity contribution in [2.24, 2.45) is 0 Å². The van der Waals surface area contributed by atoms with Gasteiger partial charge in [0.25, 0.3) is 0 Å². The molecule has 0 unspecified atom stereocenters. The first-order chi connectivity index (χ1) is 10.2. The first kappa shape index (κ1) is 14.1. The van der Waals surface area contributed by atoms with Gasteiger partial charge < -0.3 is 14.5 Å². The average molecular weight is 290 g/mol. The number of likely N-dealkylation sites (tertiary alicyclic amines) is 1. The molecule has 0 spiro atoms. The molecule has 2 saturated heterocycles. The second kappa shape index (κ2) is 5.87. The molecule has 1 amide bonds. The van der Waals surface area contributed by atoms with E-state index in [-0.39, 0.29) is 5.91 Å². The van der Waals surface area contributed by atoms with E-state index in [4.69, 9.17) is 4.74 Å². The Bertz CT molecular complexity index is 522. The van der Waals surface area contributed by atoms with E-state index < -0.39 is 0 Å². The average Bonchev–Trinajstić information content (AvgIpc) is 3.15. The molecule has 21 heavy (non-hydrogen) atoms. The molecule has 114 valence electrons. The molecule has 0 saturated carbocycles. The van der Waals surface area contributed by atoms with Crippen molar-refractivity contribution >= 4 is 11.9 Å². The quantitative estimate of drug-likeness (QED) is 0.843. The van der Waals surface area contributed by atoms with Crippen LogP contribution >= 0.6 is 0 Å². The number of aromatic nitrogens is 2. The van der Waals surface area contributed by atoms with Gasteiger partial charge in [-0.25, -0.2) is 4.98 Å². The van der Waals surface area contributed by atoms with Crippen LogP contribution < -0.4 is 9.64 Å². The Labute approximate surface area is 125 Å². The standard InChI is InChI=1S/C15H22N4O2/c1-11(20)18-9-3-5-12(18)13-6-4-10-19(13)15-16-8-7-14(17-15)21-2/h7-8,12-13H,3-6,9-10H2,1-2H3/t12-,13+/m1/s1. The smallest absolute Gasteiger partial charge is 0.228 e. The molecule has 2 atom stereocenters. The third-order valence-corrected chi connectivity index (χ3v) is 4.53. The van der Waals surface area contributed by atoms with Gasteiger partial charge in [-0.3, -0.25) is 4.79 Å². The van der Waals surface area contributed by atoms with Crippen LogP contribution in [-0.2, 0) is 4.79 Å². The predicted octanol–water partition coefficient (Wildman–Crippen LogP) is 1.46. The highest BCUT2D eigenvalue weighted by Gasteiger charge is 2.39. The zero-order valence-electron chi connectivity index (χ0n) is 12.7. The molecule has 0 N–H and O–H groups in total. The van der Waals surface area contributed by atoms with Crippen molar-refractivity contribution in [2.45, 2.75) is 44.7 Å². The summed E-state index contributed by atoms with van der Waals surface area (Å²) in [4.78, 5) is 24.9. The maximum Gasteiger partial charge on any atom is 0.228 e. The number of hydrogen-bond donors (Lipinski definition) is 0. The van der Waals surface area contributed by atoms with Gasteiger partial charge in [0.1, 0.15) is 0 Å². The van der Waals surface area contributed by atoms with Crippen LogP contribution in [0.3, 0.4) is 0 Å². The van der Waals surface area contributed by atoms with E-state index in [0.717, 1.165) is 38.8 Å². The fraction of sp³-hybridized carbons (Fsp3) is 0.667. The fourth-order valence-corrected chi connectivity index (χ4v) is 3.61. The number of anilines is 1. The van der Waals surface area contributed by atoms with Crippen molar-refractivity contribution in [1.29, 1.82) is 0 Å². The zero-order valence-corrected chi connectivity index (χ0v) is 12.7. The molecule has 2 aliphatic heterocycles. The van der Waals surface area contributed by atoms with Gasteiger partial charge in [-0.15, -0.1) is 0 Å². The minimum Gasteiger partial charge on any atom is -0.481 e. The second-order valence-electron chi connectivity index (χ2n) is 5.72. The predicted molar refractivity (Wildman–Crippen MR) is 79.4 cm³/mol. The van der Waals surface area contributed by atoms with Crippen molar-refractivity contribution in [3.8, 4) is 5.88 Å². The molecule has 6 nitrogen and oxygen atoms in total. The lowest BCUT2D eigenvalue weighted by Crippen LogP contribution is -2.48. The summed E-state index contributed by atoms with van der Waals surface area (Å²) in [7, 11) is 1.61. The number of methoxy groups -OCH3 is 1. The van der Waals surface area contributed by atoms with E-state index in [9.17, 15) is 4.79 Å². The lowest BCUT2D eigenvalue weighted by molar-refractivity contribution is -0.129. The van der Waals surface area contributed by atoms with Crippen LogP contribution in [0.5, 0.6) is 5.88 Å². The van der Waals surface area contributed by atoms with Gasteiger partial charge in [0.2, 0.25) is 17.7 Å². The normalized spacial score (nSPS) is 25.4. The summed E-state index contributed by atoms with van der Waals surface area (Å²) < 4.78 is 5.19. The van der Waals surface area contributed by atoms with E-state index in [2.05, 4.69) is 14.9 Å². The number of carbonyl (C=O) groups excluding carboxylic acids is 1. The van der Waals surface area contributed by atoms with E-state index in [1.165, 1.54) is 0 Å². The van der Waals surface area contributed by atoms with E-state index in [0.29, 0.717) is 23.9 Å². The van der Waals surface area contributed by atoms with Crippen LogP contribution in [0.2, 0.25) is 0 Å². The Hall–Kier alpha value is -1.85. The van der Waals surface area contributed by atoms with Crippen molar-refractivity contribution in [1.82, 2.24) is 14.9 Å². The van der Waals surface area contributed by atoms with Crippen LogP contribution in [0, 0.1) is 0 Å². The van der Waals surface area contributed by atoms with Gasteiger partial charge in [0, 0.05) is 32.3 Å². The monoisotopic (exact) mass is 290 g/mol. The van der Waals surface area contributed by atoms with Crippen LogP contribution in [0.25, 0.3) is 0 Å². The van der Waals surface area contributed by atoms with Crippen molar-refractivity contribution in [3.63, 3.8) is 0 Å². The summed E-state index contributed by atoms with van der Waals surface area (Å²) in [6.07, 6.45) is 6.11. The van der Waals surface area contributed by atoms with Crippen molar-refractivity contribution in [2.75, 3.05) is 25.1 Å². The minimum absolute atomic E-state index is 0.177. The van der Waals surface area contributed by atoms with E-state index in [1.807, 2.05) is 4.90 Å². The summed E-state index contributed by atoms with van der Waals surface area (Å²) in [5.74, 6) is 1.48. The van der Waals surface area contributed by atoms with Gasteiger partial charge in [0.05, 0.1) is 19.2 Å². The molecule has 2 aliphatic rings. The molecule has 0 bridgehead atoms. The third kappa shape index (κ3) is 2.66. The van der Waals surface area contributed by atoms with Crippen molar-refractivity contribution < 1.29 is 9.53 Å². The Kier molecular flexibility index (Phi) is 3.94. The maximum atomic E-state index is 11.8. The minimum atomic E-state index is 0.177. The topological polar surface area (TPSA) is 58.6 Å². The molecular weight excluding hydrogens is 268 g/mol. The third-order valence-electron chi connectivity index (χ3n) is 4.53. The molecule has 0 aliphatic carbocycles. The molecule has 0 radical (unpaired) electrons. The van der Waals surface area contributed by atoms with Crippen LogP contribution in [0.1, 0.15) is 32.6 Å². The van der Waals surface area contributed by atoms with Gasteiger partial charge in [0.15, 0.2) is 0 Å². The lowest BCUT2D eigenvalue weighted by Gasteiger charge is -2.34. The number of carbonyl (C=O) groups is 1. The highest BCUT2D eigenvalue weighted by Crippen LogP contribution is 2.32. The molecule has 1 aromatic heterocycles. The lowest BCUT2D eigenvalue weighted by atomic mass is 10.0. The number of hydrogen-bond acceptors (Lipinski definition) is 5. The Morgan fingerprint density at radius 3 is 2.81 bits per heavy atom. The molecular formula is C15H22N4O2. The van der Waals surface area contributed by atoms with E-state index >= 15 is 0 Å². The number of amides is 1. The molecule has 3 rings (SSSR count). The first-order valence-electron chi connectivity index (χ1n) is 7.61. The number of ether oxygens (including phenoxy) is 1. The molecule has 3 heterocycles. The summed E-state index contributed by atoms with van der Waals surface area (Å²) in [6.45, 7) is 3.49. The summed E-state index contributed by atoms with van der Waals surface area (Å²) in [5.41, 5.74) is 0. The first-order valence-corrected chi connectivity index (χ1v) is 7.61. The van der Waals surface area contributed by atoms with Crippen LogP contribution in [0.15, 0.2) is 12.3 Å². The zero-order chi connectivity index (χ0) is 14.8. The fourth-order valence-electron chi connectivity index (χ4n) is 3.61. The van der Waals surface area contributed by atoms with Crippen LogP contribution in [0.4, 0.5) is 5.95 Å². The molecule has 0 aromatic carbocycles. The Morgan fingerprint density at radius 1 is 1.29 bits per heavy atom.